The minimum Gasteiger partial charge on any atom is -0.444 e. The van der Waals surface area contributed by atoms with Gasteiger partial charge in [0.25, 0.3) is 0 Å². The van der Waals surface area contributed by atoms with Crippen LogP contribution < -0.4 is 5.32 Å². The molecule has 4 heteroatoms. The summed E-state index contributed by atoms with van der Waals surface area (Å²) in [6.45, 7) is 5.20. The smallest absolute Gasteiger partial charge is 0.407 e. The van der Waals surface area contributed by atoms with Gasteiger partial charge in [0.1, 0.15) is 6.10 Å². The molecule has 0 aromatic carbocycles. The number of carbonyl (C=O) groups is 1. The molecule has 0 aromatic heterocycles. The molecule has 1 aliphatic heterocycles. The van der Waals surface area contributed by atoms with Crippen molar-refractivity contribution in [2.45, 2.75) is 38.8 Å². The summed E-state index contributed by atoms with van der Waals surface area (Å²) >= 11 is 0. The van der Waals surface area contributed by atoms with Gasteiger partial charge < -0.3 is 14.8 Å². The Morgan fingerprint density at radius 3 is 3.08 bits per heavy atom. The molecule has 1 saturated heterocycles. The van der Waals surface area contributed by atoms with Gasteiger partial charge in [0.15, 0.2) is 0 Å². The van der Waals surface area contributed by atoms with Gasteiger partial charge in [0, 0.05) is 12.5 Å². The Bertz CT molecular complexity index is 166. The fourth-order valence-electron chi connectivity index (χ4n) is 1.09. The first-order chi connectivity index (χ1) is 6.22. The van der Waals surface area contributed by atoms with Gasteiger partial charge in [-0.25, -0.2) is 4.79 Å². The molecule has 1 N–H and O–H groups in total. The number of hydrogen-bond donors (Lipinski definition) is 1. The molecule has 0 aromatic rings. The predicted molar refractivity (Wildman–Crippen MR) is 48.6 cm³/mol. The lowest BCUT2D eigenvalue weighted by Crippen LogP contribution is -2.35. The van der Waals surface area contributed by atoms with E-state index in [4.69, 9.17) is 9.47 Å². The quantitative estimate of drug-likeness (QED) is 0.724. The van der Waals surface area contributed by atoms with Crippen molar-refractivity contribution in [1.29, 1.82) is 0 Å². The first-order valence-electron chi connectivity index (χ1n) is 4.77. The van der Waals surface area contributed by atoms with E-state index in [-0.39, 0.29) is 18.2 Å². The van der Waals surface area contributed by atoms with Crippen LogP contribution in [-0.2, 0) is 9.47 Å². The van der Waals surface area contributed by atoms with Crippen molar-refractivity contribution in [2.75, 3.05) is 13.2 Å². The third-order valence-corrected chi connectivity index (χ3v) is 2.14. The van der Waals surface area contributed by atoms with Gasteiger partial charge in [0.2, 0.25) is 0 Å². The van der Waals surface area contributed by atoms with Crippen LogP contribution in [-0.4, -0.2) is 31.5 Å². The molecule has 1 heterocycles. The van der Waals surface area contributed by atoms with Crippen LogP contribution in [0.25, 0.3) is 0 Å². The average molecular weight is 187 g/mol. The van der Waals surface area contributed by atoms with Gasteiger partial charge in [-0.1, -0.05) is 6.92 Å². The molecular formula is C9H17NO3. The maximum absolute atomic E-state index is 11.2. The van der Waals surface area contributed by atoms with Crippen LogP contribution in [0.15, 0.2) is 0 Å². The summed E-state index contributed by atoms with van der Waals surface area (Å²) in [4.78, 5) is 11.2. The van der Waals surface area contributed by atoms with E-state index in [1.54, 1.807) is 0 Å². The van der Waals surface area contributed by atoms with Crippen molar-refractivity contribution in [3.05, 3.63) is 0 Å². The van der Waals surface area contributed by atoms with Gasteiger partial charge >= 0.3 is 6.09 Å². The van der Waals surface area contributed by atoms with E-state index in [1.807, 2.05) is 13.8 Å². The molecule has 76 valence electrons. The van der Waals surface area contributed by atoms with E-state index >= 15 is 0 Å². The van der Waals surface area contributed by atoms with Crippen molar-refractivity contribution in [3.63, 3.8) is 0 Å². The lowest BCUT2D eigenvalue weighted by molar-refractivity contribution is 0.0811. The van der Waals surface area contributed by atoms with Gasteiger partial charge in [-0.15, -0.1) is 0 Å². The molecule has 0 aliphatic carbocycles. The Labute approximate surface area is 78.6 Å². The molecule has 1 aliphatic rings. The van der Waals surface area contributed by atoms with Crippen LogP contribution in [0.2, 0.25) is 0 Å². The van der Waals surface area contributed by atoms with Crippen molar-refractivity contribution in [2.24, 2.45) is 0 Å². The van der Waals surface area contributed by atoms with E-state index in [9.17, 15) is 4.79 Å². The minimum atomic E-state index is -0.329. The molecule has 13 heavy (non-hydrogen) atoms. The third kappa shape index (κ3) is 3.63. The lowest BCUT2D eigenvalue weighted by atomic mass is 10.3. The Balaban J connectivity index is 2.16. The maximum atomic E-state index is 11.2. The number of amides is 1. The second-order valence-electron chi connectivity index (χ2n) is 3.34. The predicted octanol–water partition coefficient (Wildman–Crippen LogP) is 1.30. The zero-order valence-electron chi connectivity index (χ0n) is 8.21. The van der Waals surface area contributed by atoms with E-state index < -0.39 is 0 Å². The fraction of sp³-hybridized carbons (Fsp3) is 0.889. The van der Waals surface area contributed by atoms with Crippen LogP contribution >= 0.6 is 0 Å². The fourth-order valence-corrected chi connectivity index (χ4v) is 1.09. The summed E-state index contributed by atoms with van der Waals surface area (Å²) < 4.78 is 10.2. The van der Waals surface area contributed by atoms with Crippen LogP contribution in [0.1, 0.15) is 26.7 Å². The van der Waals surface area contributed by atoms with Crippen LogP contribution in [0.5, 0.6) is 0 Å². The van der Waals surface area contributed by atoms with Gasteiger partial charge in [0.05, 0.1) is 13.2 Å². The van der Waals surface area contributed by atoms with Gasteiger partial charge in [-0.2, -0.15) is 0 Å². The van der Waals surface area contributed by atoms with Crippen LogP contribution in [0.3, 0.4) is 0 Å². The molecule has 0 saturated carbocycles. The third-order valence-electron chi connectivity index (χ3n) is 2.14. The Morgan fingerprint density at radius 1 is 1.77 bits per heavy atom. The minimum absolute atomic E-state index is 0.0518. The van der Waals surface area contributed by atoms with E-state index in [0.29, 0.717) is 13.2 Å². The topological polar surface area (TPSA) is 47.6 Å². The number of hydrogen-bond acceptors (Lipinski definition) is 3. The molecule has 0 bridgehead atoms. The zero-order chi connectivity index (χ0) is 9.68. The van der Waals surface area contributed by atoms with Crippen molar-refractivity contribution >= 4 is 6.09 Å². The number of carbonyl (C=O) groups excluding carboxylic acids is 1. The SMILES string of the molecule is CC[C@H](C)NC(=O)O[C@@H]1CCOC1. The highest BCUT2D eigenvalue weighted by Crippen LogP contribution is 2.08. The average Bonchev–Trinajstić information content (AvgIpc) is 2.56. The molecule has 0 radical (unpaired) electrons. The number of ether oxygens (including phenoxy) is 2. The second kappa shape index (κ2) is 5.07. The standard InChI is InChI=1S/C9H17NO3/c1-3-7(2)10-9(11)13-8-4-5-12-6-8/h7-8H,3-6H2,1-2H3,(H,10,11)/t7-,8+/m0/s1. The number of nitrogens with one attached hydrogen (secondary N) is 1. The Morgan fingerprint density at radius 2 is 2.54 bits per heavy atom. The lowest BCUT2D eigenvalue weighted by Gasteiger charge is -2.14. The summed E-state index contributed by atoms with van der Waals surface area (Å²) in [6.07, 6.45) is 1.35. The molecular weight excluding hydrogens is 170 g/mol. The van der Waals surface area contributed by atoms with E-state index in [0.717, 1.165) is 12.8 Å². The van der Waals surface area contributed by atoms with Crippen LogP contribution in [0, 0.1) is 0 Å². The van der Waals surface area contributed by atoms with Crippen LogP contribution in [0.4, 0.5) is 4.79 Å². The molecule has 0 unspecified atom stereocenters. The summed E-state index contributed by atoms with van der Waals surface area (Å²) in [6, 6.07) is 0.176. The first-order valence-corrected chi connectivity index (χ1v) is 4.77. The molecule has 1 rings (SSSR count). The number of rotatable bonds is 3. The Kier molecular flexibility index (Phi) is 4.02. The van der Waals surface area contributed by atoms with Crippen molar-refractivity contribution in [3.8, 4) is 0 Å². The van der Waals surface area contributed by atoms with Gasteiger partial charge in [-0.05, 0) is 13.3 Å². The molecule has 1 amide bonds. The summed E-state index contributed by atoms with van der Waals surface area (Å²) in [5, 5.41) is 2.74. The second-order valence-corrected chi connectivity index (χ2v) is 3.34. The normalized spacial score (nSPS) is 24.0. The number of alkyl carbamates (subject to hydrolysis) is 1. The summed E-state index contributed by atoms with van der Waals surface area (Å²) in [7, 11) is 0. The molecule has 4 nitrogen and oxygen atoms in total. The zero-order valence-corrected chi connectivity index (χ0v) is 8.21. The summed E-state index contributed by atoms with van der Waals surface area (Å²) in [5.74, 6) is 0. The largest absolute Gasteiger partial charge is 0.444 e. The highest BCUT2D eigenvalue weighted by Gasteiger charge is 2.20. The highest BCUT2D eigenvalue weighted by molar-refractivity contribution is 5.67. The van der Waals surface area contributed by atoms with Gasteiger partial charge in [-0.3, -0.25) is 0 Å². The first kappa shape index (κ1) is 10.3. The molecule has 2 atom stereocenters. The van der Waals surface area contributed by atoms with E-state index in [2.05, 4.69) is 5.32 Å². The monoisotopic (exact) mass is 187 g/mol. The van der Waals surface area contributed by atoms with Crippen molar-refractivity contribution in [1.82, 2.24) is 5.32 Å². The maximum Gasteiger partial charge on any atom is 0.407 e. The molecule has 1 fully saturated rings. The highest BCUT2D eigenvalue weighted by atomic mass is 16.6. The molecule has 0 spiro atoms. The Hall–Kier alpha value is -0.770. The van der Waals surface area contributed by atoms with E-state index in [1.165, 1.54) is 0 Å². The summed E-state index contributed by atoms with van der Waals surface area (Å²) in [5.41, 5.74) is 0. The van der Waals surface area contributed by atoms with Crippen molar-refractivity contribution < 1.29 is 14.3 Å².